The molecule has 0 radical (unpaired) electrons. The second kappa shape index (κ2) is 9.40. The maximum atomic E-state index is 11.4. The summed E-state index contributed by atoms with van der Waals surface area (Å²) in [6, 6.07) is 0. The lowest BCUT2D eigenvalue weighted by Crippen LogP contribution is -2.55. The zero-order valence-corrected chi connectivity index (χ0v) is 15.0. The van der Waals surface area contributed by atoms with Crippen LogP contribution in [0, 0.1) is 17.8 Å². The van der Waals surface area contributed by atoms with Crippen molar-refractivity contribution < 1.29 is 33.4 Å². The van der Waals surface area contributed by atoms with Gasteiger partial charge in [-0.25, -0.2) is 0 Å². The van der Waals surface area contributed by atoms with Crippen LogP contribution >= 0.6 is 7.60 Å². The molecule has 5 unspecified atom stereocenters. The lowest BCUT2D eigenvalue weighted by atomic mass is 10.1. The highest BCUT2D eigenvalue weighted by atomic mass is 31.2. The van der Waals surface area contributed by atoms with Crippen molar-refractivity contribution in [1.82, 2.24) is 0 Å². The first-order chi connectivity index (χ1) is 11.6. The zero-order valence-electron chi connectivity index (χ0n) is 14.1. The fraction of sp³-hybridized carbons (Fsp3) is 0.714. The number of ether oxygens (including phenoxy) is 2. The minimum absolute atomic E-state index is 0.0527. The molecule has 0 saturated carbocycles. The van der Waals surface area contributed by atoms with Gasteiger partial charge in [-0.15, -0.1) is 0 Å². The Balaban J connectivity index is 2.88. The minimum atomic E-state index is -3.76. The van der Waals surface area contributed by atoms with Crippen LogP contribution in [0.1, 0.15) is 6.92 Å². The van der Waals surface area contributed by atoms with Crippen LogP contribution in [0.4, 0.5) is 0 Å². The summed E-state index contributed by atoms with van der Waals surface area (Å²) in [6.07, 6.45) is -0.156. The summed E-state index contributed by atoms with van der Waals surface area (Å²) < 4.78 is 27.4. The molecule has 5 atom stereocenters. The van der Waals surface area contributed by atoms with Crippen LogP contribution in [0.15, 0.2) is 4.99 Å². The average Bonchev–Trinajstić information content (AvgIpc) is 2.54. The summed E-state index contributed by atoms with van der Waals surface area (Å²) in [7, 11) is -3.76. The van der Waals surface area contributed by atoms with Crippen molar-refractivity contribution in [2.45, 2.75) is 24.9 Å². The van der Waals surface area contributed by atoms with E-state index in [2.05, 4.69) is 16.8 Å². The molecular formula is C14H24N3O7P. The number of carbonyl (C=O) groups excluding carboxylic acids is 1. The molecule has 0 aromatic carbocycles. The van der Waals surface area contributed by atoms with Crippen LogP contribution in [-0.4, -0.2) is 73.1 Å². The molecule has 0 spiro atoms. The van der Waals surface area contributed by atoms with E-state index < -0.39 is 44.0 Å². The van der Waals surface area contributed by atoms with Gasteiger partial charge in [0.15, 0.2) is 6.23 Å². The Hall–Kier alpha value is -1.31. The highest BCUT2D eigenvalue weighted by Gasteiger charge is 2.42. The molecule has 0 bridgehead atoms. The normalized spacial score (nSPS) is 30.3. The number of aliphatic hydroxyl groups is 1. The second-order valence-electron chi connectivity index (χ2n) is 5.65. The van der Waals surface area contributed by atoms with Crippen molar-refractivity contribution >= 4 is 19.7 Å². The summed E-state index contributed by atoms with van der Waals surface area (Å²) >= 11 is 0. The number of hydrogen-bond acceptors (Lipinski definition) is 8. The van der Waals surface area contributed by atoms with E-state index in [0.717, 1.165) is 6.66 Å². The largest absolute Gasteiger partial charge is 0.393 e. The van der Waals surface area contributed by atoms with Gasteiger partial charge in [0.1, 0.15) is 17.6 Å². The van der Waals surface area contributed by atoms with Crippen LogP contribution in [0.5, 0.6) is 0 Å². The predicted molar refractivity (Wildman–Crippen MR) is 89.8 cm³/mol. The molecule has 1 rings (SSSR count). The molecule has 11 heteroatoms. The quantitative estimate of drug-likeness (QED) is 0.235. The predicted octanol–water partition coefficient (Wildman–Crippen LogP) is -1.55. The van der Waals surface area contributed by atoms with Gasteiger partial charge in [0.25, 0.3) is 0 Å². The maximum absolute atomic E-state index is 11.4. The third-order valence-corrected chi connectivity index (χ3v) is 3.89. The molecule has 1 saturated heterocycles. The molecule has 1 amide bonds. The molecule has 0 aromatic rings. The van der Waals surface area contributed by atoms with Crippen molar-refractivity contribution in [2.24, 2.45) is 22.4 Å². The van der Waals surface area contributed by atoms with E-state index in [0.29, 0.717) is 0 Å². The summed E-state index contributed by atoms with van der Waals surface area (Å²) in [5.74, 6) is 3.46. The van der Waals surface area contributed by atoms with Crippen LogP contribution in [0.3, 0.4) is 0 Å². The number of aliphatic hydroxyl groups excluding tert-OH is 1. The van der Waals surface area contributed by atoms with Gasteiger partial charge in [0, 0.05) is 12.9 Å². The molecule has 0 aromatic heterocycles. The fourth-order valence-electron chi connectivity index (χ4n) is 1.87. The first-order valence-electron chi connectivity index (χ1n) is 7.48. The number of primary amides is 1. The summed E-state index contributed by atoms with van der Waals surface area (Å²) in [5.41, 5.74) is 9.15. The molecule has 1 aliphatic rings. The van der Waals surface area contributed by atoms with Crippen LogP contribution in [-0.2, 0) is 23.4 Å². The molecule has 142 valence electrons. The lowest BCUT2D eigenvalue weighted by molar-refractivity contribution is -0.245. The highest BCUT2D eigenvalue weighted by molar-refractivity contribution is 7.51. The van der Waals surface area contributed by atoms with Crippen molar-refractivity contribution in [3.63, 3.8) is 0 Å². The number of rotatable bonds is 7. The monoisotopic (exact) mass is 377 g/mol. The highest BCUT2D eigenvalue weighted by Crippen LogP contribution is 2.39. The SMILES string of the molecule is CC1OCC(CO)(COP(C)(=O)O)OC1N=CC(C#CCN)C(N)=O. The fourth-order valence-corrected chi connectivity index (χ4v) is 2.34. The molecule has 1 heterocycles. The summed E-state index contributed by atoms with van der Waals surface area (Å²) in [6.45, 7) is 1.85. The van der Waals surface area contributed by atoms with Gasteiger partial charge >= 0.3 is 7.60 Å². The van der Waals surface area contributed by atoms with Gasteiger partial charge < -0.3 is 35.5 Å². The van der Waals surface area contributed by atoms with Crippen molar-refractivity contribution in [3.8, 4) is 11.8 Å². The van der Waals surface area contributed by atoms with E-state index in [9.17, 15) is 19.4 Å². The first-order valence-corrected chi connectivity index (χ1v) is 9.51. The number of nitrogens with zero attached hydrogens (tertiary/aromatic N) is 1. The Bertz CT molecular complexity index is 597. The van der Waals surface area contributed by atoms with E-state index in [1.54, 1.807) is 6.92 Å². The third-order valence-electron chi connectivity index (χ3n) is 3.29. The Labute approximate surface area is 146 Å². The number of hydrogen-bond donors (Lipinski definition) is 4. The summed E-state index contributed by atoms with van der Waals surface area (Å²) in [5, 5.41) is 9.61. The molecule has 1 aliphatic heterocycles. The van der Waals surface area contributed by atoms with E-state index >= 15 is 0 Å². The molecule has 1 fully saturated rings. The Morgan fingerprint density at radius 3 is 2.84 bits per heavy atom. The van der Waals surface area contributed by atoms with Gasteiger partial charge in [-0.3, -0.25) is 14.4 Å². The van der Waals surface area contributed by atoms with Crippen molar-refractivity contribution in [3.05, 3.63) is 0 Å². The van der Waals surface area contributed by atoms with Gasteiger partial charge in [-0.05, 0) is 6.92 Å². The number of carbonyl (C=O) groups is 1. The van der Waals surface area contributed by atoms with Crippen molar-refractivity contribution in [1.29, 1.82) is 0 Å². The molecular weight excluding hydrogens is 353 g/mol. The third kappa shape index (κ3) is 7.22. The number of amides is 1. The number of aliphatic imine (C=N–C) groups is 1. The van der Waals surface area contributed by atoms with E-state index in [1.807, 2.05) is 0 Å². The van der Waals surface area contributed by atoms with E-state index in [4.69, 9.17) is 25.5 Å². The minimum Gasteiger partial charge on any atom is -0.393 e. The molecule has 25 heavy (non-hydrogen) atoms. The molecule has 0 aliphatic carbocycles. The lowest BCUT2D eigenvalue weighted by Gasteiger charge is -2.41. The topological polar surface area (TPSA) is 167 Å². The Morgan fingerprint density at radius 2 is 2.32 bits per heavy atom. The van der Waals surface area contributed by atoms with Crippen molar-refractivity contribution in [2.75, 3.05) is 33.0 Å². The van der Waals surface area contributed by atoms with Crippen LogP contribution < -0.4 is 11.5 Å². The van der Waals surface area contributed by atoms with Crippen LogP contribution in [0.2, 0.25) is 0 Å². The van der Waals surface area contributed by atoms with E-state index in [1.165, 1.54) is 6.21 Å². The maximum Gasteiger partial charge on any atom is 0.325 e. The molecule has 6 N–H and O–H groups in total. The second-order valence-corrected chi connectivity index (χ2v) is 7.51. The van der Waals surface area contributed by atoms with Crippen LogP contribution in [0.25, 0.3) is 0 Å². The smallest absolute Gasteiger partial charge is 0.325 e. The average molecular weight is 377 g/mol. The summed E-state index contributed by atoms with van der Waals surface area (Å²) in [4.78, 5) is 24.7. The zero-order chi connectivity index (χ0) is 19.1. The Morgan fingerprint density at radius 1 is 1.64 bits per heavy atom. The standard InChI is InChI=1S/C14H24N3O7P/c1-10-13(17-6-11(12(16)19)4-3-5-15)24-14(7-18,8-22-10)9-23-25(2,20)21/h6,10-11,13,18H,5,7-9,15H2,1-2H3,(H2,16,19)(H,20,21). The first kappa shape index (κ1) is 21.7. The van der Waals surface area contributed by atoms with E-state index in [-0.39, 0.29) is 19.8 Å². The van der Waals surface area contributed by atoms with Gasteiger partial charge in [0.05, 0.1) is 26.4 Å². The molecule has 10 nitrogen and oxygen atoms in total. The number of nitrogens with two attached hydrogens (primary N) is 2. The van der Waals surface area contributed by atoms with Gasteiger partial charge in [-0.2, -0.15) is 0 Å². The van der Waals surface area contributed by atoms with Gasteiger partial charge in [0.2, 0.25) is 5.91 Å². The Kier molecular flexibility index (Phi) is 8.18. The van der Waals surface area contributed by atoms with Gasteiger partial charge in [-0.1, -0.05) is 11.8 Å².